The van der Waals surface area contributed by atoms with Crippen molar-refractivity contribution in [2.75, 3.05) is 0 Å². The van der Waals surface area contributed by atoms with Gasteiger partial charge >= 0.3 is 11.9 Å². The lowest BCUT2D eigenvalue weighted by atomic mass is 9.86. The average Bonchev–Trinajstić information content (AvgIpc) is 2.79. The zero-order chi connectivity index (χ0) is 25.2. The second kappa shape index (κ2) is 18.7. The highest BCUT2D eigenvalue weighted by molar-refractivity contribution is 5.79. The Morgan fingerprint density at radius 1 is 0.971 bits per heavy atom. The minimum atomic E-state index is -0.632. The molecule has 0 aromatic carbocycles. The number of unbranched alkanes of at least 4 members (excludes halogenated alkanes) is 10. The standard InChI is InChI=1S/C28H51NO5/c1-5-7-9-11-12-13-14-15-17-23(33-28(32)25(29-21-30)19-22(3)4)20-26-24(27(31)34-26)18-16-10-8-6-2/h21-26H,5-20H2,1-4H3,(H,29,30)/t23-,24-,25-,26-/m0/s1. The summed E-state index contributed by atoms with van der Waals surface area (Å²) in [5, 5.41) is 2.62. The Labute approximate surface area is 208 Å². The molecule has 1 rings (SSSR count). The highest BCUT2D eigenvalue weighted by Gasteiger charge is 2.43. The molecule has 1 heterocycles. The van der Waals surface area contributed by atoms with Gasteiger partial charge in [0.2, 0.25) is 6.41 Å². The van der Waals surface area contributed by atoms with Gasteiger partial charge in [-0.2, -0.15) is 0 Å². The van der Waals surface area contributed by atoms with Crippen molar-refractivity contribution >= 4 is 18.3 Å². The summed E-state index contributed by atoms with van der Waals surface area (Å²) in [5.41, 5.74) is 0. The monoisotopic (exact) mass is 481 g/mol. The van der Waals surface area contributed by atoms with Crippen LogP contribution in [0.15, 0.2) is 0 Å². The summed E-state index contributed by atoms with van der Waals surface area (Å²) in [5.74, 6) is -0.304. The predicted octanol–water partition coefficient (Wildman–Crippen LogP) is 6.49. The van der Waals surface area contributed by atoms with Crippen LogP contribution in [0, 0.1) is 11.8 Å². The van der Waals surface area contributed by atoms with E-state index in [1.165, 1.54) is 51.4 Å². The van der Waals surface area contributed by atoms with Crippen LogP contribution in [0.3, 0.4) is 0 Å². The van der Waals surface area contributed by atoms with Gasteiger partial charge < -0.3 is 14.8 Å². The third-order valence-corrected chi connectivity index (χ3v) is 6.81. The predicted molar refractivity (Wildman–Crippen MR) is 136 cm³/mol. The van der Waals surface area contributed by atoms with Crippen molar-refractivity contribution in [3.05, 3.63) is 0 Å². The number of amides is 1. The van der Waals surface area contributed by atoms with Crippen LogP contribution in [0.5, 0.6) is 0 Å². The van der Waals surface area contributed by atoms with Crippen LogP contribution in [0.2, 0.25) is 0 Å². The average molecular weight is 482 g/mol. The van der Waals surface area contributed by atoms with E-state index in [4.69, 9.17) is 9.47 Å². The zero-order valence-electron chi connectivity index (χ0n) is 22.3. The Bertz CT molecular complexity index is 565. The van der Waals surface area contributed by atoms with E-state index < -0.39 is 6.04 Å². The smallest absolute Gasteiger partial charge is 0.328 e. The van der Waals surface area contributed by atoms with E-state index in [0.29, 0.717) is 19.3 Å². The first-order chi connectivity index (χ1) is 16.4. The van der Waals surface area contributed by atoms with Gasteiger partial charge in [-0.15, -0.1) is 0 Å². The van der Waals surface area contributed by atoms with Gasteiger partial charge in [0.25, 0.3) is 0 Å². The van der Waals surface area contributed by atoms with Crippen LogP contribution in [0.25, 0.3) is 0 Å². The van der Waals surface area contributed by atoms with Crippen LogP contribution in [-0.2, 0) is 23.9 Å². The molecule has 0 aromatic heterocycles. The Hall–Kier alpha value is -1.59. The van der Waals surface area contributed by atoms with Crippen molar-refractivity contribution in [1.82, 2.24) is 5.32 Å². The van der Waals surface area contributed by atoms with Crippen molar-refractivity contribution in [2.45, 2.75) is 149 Å². The first-order valence-corrected chi connectivity index (χ1v) is 14.0. The molecule has 0 radical (unpaired) electrons. The molecule has 0 unspecified atom stereocenters. The number of cyclic esters (lactones) is 1. The molecular weight excluding hydrogens is 430 g/mol. The number of carbonyl (C=O) groups excluding carboxylic acids is 3. The maximum absolute atomic E-state index is 12.8. The van der Waals surface area contributed by atoms with Crippen molar-refractivity contribution < 1.29 is 23.9 Å². The first-order valence-electron chi connectivity index (χ1n) is 14.0. The van der Waals surface area contributed by atoms with E-state index in [1.54, 1.807) is 0 Å². The third-order valence-electron chi connectivity index (χ3n) is 6.81. The van der Waals surface area contributed by atoms with E-state index in [2.05, 4.69) is 19.2 Å². The van der Waals surface area contributed by atoms with Gasteiger partial charge in [-0.05, 0) is 31.6 Å². The quantitative estimate of drug-likeness (QED) is 0.109. The molecule has 1 saturated heterocycles. The maximum Gasteiger partial charge on any atom is 0.328 e. The zero-order valence-corrected chi connectivity index (χ0v) is 22.3. The summed E-state index contributed by atoms with van der Waals surface area (Å²) in [7, 11) is 0. The normalized spacial score (nSPS) is 19.3. The van der Waals surface area contributed by atoms with Crippen molar-refractivity contribution in [1.29, 1.82) is 0 Å². The molecule has 1 amide bonds. The van der Waals surface area contributed by atoms with Gasteiger partial charge in [-0.25, -0.2) is 4.79 Å². The van der Waals surface area contributed by atoms with Crippen LogP contribution in [-0.4, -0.2) is 36.6 Å². The summed E-state index contributed by atoms with van der Waals surface area (Å²) >= 11 is 0. The summed E-state index contributed by atoms with van der Waals surface area (Å²) in [6.07, 6.45) is 17.1. The lowest BCUT2D eigenvalue weighted by Gasteiger charge is -2.37. The molecule has 0 aliphatic carbocycles. The second-order valence-electron chi connectivity index (χ2n) is 10.5. The van der Waals surface area contributed by atoms with Gasteiger partial charge in [-0.1, -0.05) is 98.3 Å². The maximum atomic E-state index is 12.8. The number of hydrogen-bond donors (Lipinski definition) is 1. The Morgan fingerprint density at radius 3 is 2.12 bits per heavy atom. The largest absolute Gasteiger partial charge is 0.461 e. The minimum Gasteiger partial charge on any atom is -0.461 e. The minimum absolute atomic E-state index is 0.0730. The molecule has 0 bridgehead atoms. The van der Waals surface area contributed by atoms with E-state index >= 15 is 0 Å². The van der Waals surface area contributed by atoms with E-state index in [-0.39, 0.29) is 36.0 Å². The lowest BCUT2D eigenvalue weighted by Crippen LogP contribution is -2.48. The van der Waals surface area contributed by atoms with Gasteiger partial charge in [0.15, 0.2) is 0 Å². The molecule has 0 saturated carbocycles. The van der Waals surface area contributed by atoms with E-state index in [9.17, 15) is 14.4 Å². The van der Waals surface area contributed by atoms with E-state index in [0.717, 1.165) is 38.5 Å². The lowest BCUT2D eigenvalue weighted by molar-refractivity contribution is -0.190. The molecule has 6 nitrogen and oxygen atoms in total. The number of esters is 2. The summed E-state index contributed by atoms with van der Waals surface area (Å²) in [6, 6.07) is -0.632. The Balaban J connectivity index is 2.61. The van der Waals surface area contributed by atoms with Crippen molar-refractivity contribution in [3.63, 3.8) is 0 Å². The molecule has 0 aromatic rings. The number of carbonyl (C=O) groups is 3. The van der Waals surface area contributed by atoms with Gasteiger partial charge in [-0.3, -0.25) is 9.59 Å². The molecule has 1 aliphatic rings. The summed E-state index contributed by atoms with van der Waals surface area (Å²) < 4.78 is 11.4. The topological polar surface area (TPSA) is 81.7 Å². The SMILES string of the molecule is CCCCCCCCCC[C@@H](C[C@@H]1OC(=O)[C@H]1CCCCCC)OC(=O)[C@H](CC(C)C)NC=O. The van der Waals surface area contributed by atoms with Gasteiger partial charge in [0.1, 0.15) is 18.2 Å². The molecule has 198 valence electrons. The Morgan fingerprint density at radius 2 is 1.56 bits per heavy atom. The van der Waals surface area contributed by atoms with Crippen LogP contribution in [0.4, 0.5) is 0 Å². The number of rotatable bonds is 22. The molecular formula is C28H51NO5. The number of ether oxygens (including phenoxy) is 2. The molecule has 4 atom stereocenters. The van der Waals surface area contributed by atoms with E-state index in [1.807, 2.05) is 13.8 Å². The first kappa shape index (κ1) is 30.4. The molecule has 1 fully saturated rings. The van der Waals surface area contributed by atoms with Crippen LogP contribution < -0.4 is 5.32 Å². The van der Waals surface area contributed by atoms with Crippen LogP contribution >= 0.6 is 0 Å². The molecule has 1 N–H and O–H groups in total. The molecule has 6 heteroatoms. The number of hydrogen-bond acceptors (Lipinski definition) is 5. The highest BCUT2D eigenvalue weighted by Crippen LogP contribution is 2.32. The van der Waals surface area contributed by atoms with Crippen LogP contribution in [0.1, 0.15) is 130 Å². The fourth-order valence-corrected chi connectivity index (χ4v) is 4.73. The van der Waals surface area contributed by atoms with Gasteiger partial charge in [0.05, 0.1) is 5.92 Å². The molecule has 34 heavy (non-hydrogen) atoms. The third kappa shape index (κ3) is 12.8. The van der Waals surface area contributed by atoms with Gasteiger partial charge in [0, 0.05) is 6.42 Å². The second-order valence-corrected chi connectivity index (χ2v) is 10.5. The molecule has 0 spiro atoms. The van der Waals surface area contributed by atoms with Crippen molar-refractivity contribution in [3.8, 4) is 0 Å². The Kier molecular flexibility index (Phi) is 16.7. The fraction of sp³-hybridized carbons (Fsp3) is 0.893. The van der Waals surface area contributed by atoms with Crippen molar-refractivity contribution in [2.24, 2.45) is 11.8 Å². The summed E-state index contributed by atoms with van der Waals surface area (Å²) in [4.78, 5) is 35.9. The number of nitrogens with one attached hydrogen (secondary N) is 1. The highest BCUT2D eigenvalue weighted by atomic mass is 16.6. The summed E-state index contributed by atoms with van der Waals surface area (Å²) in [6.45, 7) is 8.44. The molecule has 1 aliphatic heterocycles. The fourth-order valence-electron chi connectivity index (χ4n) is 4.73.